The van der Waals surface area contributed by atoms with Crippen LogP contribution in [0.25, 0.3) is 5.69 Å². The van der Waals surface area contributed by atoms with Crippen molar-refractivity contribution >= 4 is 5.78 Å². The molecule has 0 fully saturated rings. The van der Waals surface area contributed by atoms with Crippen LogP contribution in [0.5, 0.6) is 11.5 Å². The van der Waals surface area contributed by atoms with Gasteiger partial charge in [-0.05, 0) is 36.8 Å². The van der Waals surface area contributed by atoms with Crippen molar-refractivity contribution in [3.05, 3.63) is 71.5 Å². The van der Waals surface area contributed by atoms with Gasteiger partial charge in [-0.3, -0.25) is 4.79 Å². The number of aromatic nitrogens is 2. The molecule has 2 aromatic carbocycles. The Kier molecular flexibility index (Phi) is 3.85. The smallest absolute Gasteiger partial charge is 0.171 e. The standard InChI is InChI=1S/C18H16N2O3/c1-12-16(21)8-7-15(18(12)23)17(22)9-13-10-19-20(11-13)14-5-3-2-4-6-14/h2-8,10-11,21,23H,9H2,1H3. The Morgan fingerprint density at radius 1 is 1.13 bits per heavy atom. The quantitative estimate of drug-likeness (QED) is 0.726. The highest BCUT2D eigenvalue weighted by Gasteiger charge is 2.16. The lowest BCUT2D eigenvalue weighted by molar-refractivity contribution is 0.0990. The predicted molar refractivity (Wildman–Crippen MR) is 86.1 cm³/mol. The number of carbonyl (C=O) groups is 1. The van der Waals surface area contributed by atoms with E-state index in [4.69, 9.17) is 0 Å². The number of rotatable bonds is 4. The Morgan fingerprint density at radius 2 is 1.87 bits per heavy atom. The molecule has 5 nitrogen and oxygen atoms in total. The van der Waals surface area contributed by atoms with E-state index in [-0.39, 0.29) is 29.3 Å². The highest BCUT2D eigenvalue weighted by atomic mass is 16.3. The van der Waals surface area contributed by atoms with Gasteiger partial charge in [0, 0.05) is 18.2 Å². The number of para-hydroxylation sites is 1. The molecule has 0 amide bonds. The topological polar surface area (TPSA) is 75.3 Å². The van der Waals surface area contributed by atoms with E-state index >= 15 is 0 Å². The Hall–Kier alpha value is -3.08. The van der Waals surface area contributed by atoms with Gasteiger partial charge in [0.05, 0.1) is 17.4 Å². The summed E-state index contributed by atoms with van der Waals surface area (Å²) in [5, 5.41) is 23.8. The summed E-state index contributed by atoms with van der Waals surface area (Å²) in [5.74, 6) is -0.431. The molecule has 23 heavy (non-hydrogen) atoms. The second-order valence-corrected chi connectivity index (χ2v) is 5.33. The van der Waals surface area contributed by atoms with Crippen molar-refractivity contribution in [1.82, 2.24) is 9.78 Å². The zero-order chi connectivity index (χ0) is 16.4. The molecule has 116 valence electrons. The van der Waals surface area contributed by atoms with Gasteiger partial charge >= 0.3 is 0 Å². The van der Waals surface area contributed by atoms with Crippen LogP contribution in [0.1, 0.15) is 21.5 Å². The monoisotopic (exact) mass is 308 g/mol. The molecule has 0 spiro atoms. The van der Waals surface area contributed by atoms with Crippen LogP contribution in [-0.4, -0.2) is 25.8 Å². The van der Waals surface area contributed by atoms with Crippen molar-refractivity contribution in [3.63, 3.8) is 0 Å². The van der Waals surface area contributed by atoms with Crippen LogP contribution in [0.4, 0.5) is 0 Å². The first-order valence-corrected chi connectivity index (χ1v) is 7.20. The van der Waals surface area contributed by atoms with Crippen molar-refractivity contribution in [2.24, 2.45) is 0 Å². The Morgan fingerprint density at radius 3 is 2.61 bits per heavy atom. The minimum Gasteiger partial charge on any atom is -0.508 e. The van der Waals surface area contributed by atoms with Crippen molar-refractivity contribution in [2.45, 2.75) is 13.3 Å². The molecule has 5 heteroatoms. The molecule has 0 saturated heterocycles. The maximum absolute atomic E-state index is 12.4. The number of ketones is 1. The van der Waals surface area contributed by atoms with Crippen LogP contribution in [0.2, 0.25) is 0 Å². The van der Waals surface area contributed by atoms with Crippen molar-refractivity contribution < 1.29 is 15.0 Å². The first-order valence-electron chi connectivity index (χ1n) is 7.20. The molecule has 0 saturated carbocycles. The van der Waals surface area contributed by atoms with Crippen LogP contribution in [0.15, 0.2) is 54.9 Å². The van der Waals surface area contributed by atoms with E-state index < -0.39 is 0 Å². The van der Waals surface area contributed by atoms with E-state index in [2.05, 4.69) is 5.10 Å². The van der Waals surface area contributed by atoms with Gasteiger partial charge in [-0.15, -0.1) is 0 Å². The minimum absolute atomic E-state index is 0.0315. The summed E-state index contributed by atoms with van der Waals surface area (Å²) in [6, 6.07) is 12.4. The van der Waals surface area contributed by atoms with Crippen LogP contribution >= 0.6 is 0 Å². The Bertz CT molecular complexity index is 854. The molecule has 2 N–H and O–H groups in total. The maximum atomic E-state index is 12.4. The van der Waals surface area contributed by atoms with Gasteiger partial charge in [0.25, 0.3) is 0 Å². The molecular formula is C18H16N2O3. The summed E-state index contributed by atoms with van der Waals surface area (Å²) < 4.78 is 1.70. The van der Waals surface area contributed by atoms with Crippen molar-refractivity contribution in [3.8, 4) is 17.2 Å². The third-order valence-corrected chi connectivity index (χ3v) is 3.72. The Labute approximate surface area is 133 Å². The van der Waals surface area contributed by atoms with E-state index in [9.17, 15) is 15.0 Å². The third kappa shape index (κ3) is 2.94. The SMILES string of the molecule is Cc1c(O)ccc(C(=O)Cc2cnn(-c3ccccc3)c2)c1O. The molecule has 0 aliphatic rings. The molecule has 0 radical (unpaired) electrons. The van der Waals surface area contributed by atoms with E-state index in [1.807, 2.05) is 30.3 Å². The summed E-state index contributed by atoms with van der Waals surface area (Å²) in [7, 11) is 0. The fourth-order valence-corrected chi connectivity index (χ4v) is 2.37. The second kappa shape index (κ2) is 5.96. The zero-order valence-corrected chi connectivity index (χ0v) is 12.6. The van der Waals surface area contributed by atoms with Crippen LogP contribution < -0.4 is 0 Å². The van der Waals surface area contributed by atoms with Crippen LogP contribution in [0, 0.1) is 6.92 Å². The number of hydrogen-bond acceptors (Lipinski definition) is 4. The number of Topliss-reactive ketones (excluding diaryl/α,β-unsaturated/α-hetero) is 1. The summed E-state index contributed by atoms with van der Waals surface area (Å²) in [6.45, 7) is 1.56. The normalized spacial score (nSPS) is 10.7. The molecule has 1 heterocycles. The van der Waals surface area contributed by atoms with Gasteiger partial charge in [-0.1, -0.05) is 18.2 Å². The molecule has 3 rings (SSSR count). The number of aromatic hydroxyl groups is 2. The zero-order valence-electron chi connectivity index (χ0n) is 12.6. The number of carbonyl (C=O) groups excluding carboxylic acids is 1. The van der Waals surface area contributed by atoms with E-state index in [1.54, 1.807) is 24.0 Å². The largest absolute Gasteiger partial charge is 0.508 e. The summed E-state index contributed by atoms with van der Waals surface area (Å²) >= 11 is 0. The first-order chi connectivity index (χ1) is 11.1. The molecule has 0 bridgehead atoms. The average molecular weight is 308 g/mol. The van der Waals surface area contributed by atoms with Gasteiger partial charge in [-0.25, -0.2) is 4.68 Å². The van der Waals surface area contributed by atoms with Crippen molar-refractivity contribution in [1.29, 1.82) is 0 Å². The van der Waals surface area contributed by atoms with Crippen molar-refractivity contribution in [2.75, 3.05) is 0 Å². The summed E-state index contributed by atoms with van der Waals surface area (Å²) in [4.78, 5) is 12.4. The average Bonchev–Trinajstić information content (AvgIpc) is 3.02. The molecular weight excluding hydrogens is 292 g/mol. The van der Waals surface area contributed by atoms with Crippen LogP contribution in [0.3, 0.4) is 0 Å². The number of phenolic OH excluding ortho intramolecular Hbond substituents is 2. The van der Waals surface area contributed by atoms with E-state index in [1.165, 1.54) is 12.1 Å². The number of phenols is 2. The molecule has 0 atom stereocenters. The summed E-state index contributed by atoms with van der Waals surface area (Å²) in [6.07, 6.45) is 3.55. The second-order valence-electron chi connectivity index (χ2n) is 5.33. The highest BCUT2D eigenvalue weighted by Crippen LogP contribution is 2.30. The van der Waals surface area contributed by atoms with Crippen LogP contribution in [-0.2, 0) is 6.42 Å². The Balaban J connectivity index is 1.82. The van der Waals surface area contributed by atoms with Gasteiger partial charge < -0.3 is 10.2 Å². The lowest BCUT2D eigenvalue weighted by Crippen LogP contribution is -2.04. The number of benzene rings is 2. The van der Waals surface area contributed by atoms with E-state index in [0.717, 1.165) is 11.3 Å². The maximum Gasteiger partial charge on any atom is 0.171 e. The molecule has 0 unspecified atom stereocenters. The number of nitrogens with zero attached hydrogens (tertiary/aromatic N) is 2. The van der Waals surface area contributed by atoms with Gasteiger partial charge in [0.1, 0.15) is 11.5 Å². The van der Waals surface area contributed by atoms with E-state index in [0.29, 0.717) is 5.56 Å². The minimum atomic E-state index is -0.224. The highest BCUT2D eigenvalue weighted by molar-refractivity contribution is 6.00. The molecule has 3 aromatic rings. The lowest BCUT2D eigenvalue weighted by Gasteiger charge is -2.07. The van der Waals surface area contributed by atoms with Gasteiger partial charge in [-0.2, -0.15) is 5.10 Å². The predicted octanol–water partition coefficient (Wildman–Crippen LogP) is 3.02. The molecule has 1 aromatic heterocycles. The molecule has 0 aliphatic carbocycles. The number of hydrogen-bond donors (Lipinski definition) is 2. The lowest BCUT2D eigenvalue weighted by atomic mass is 10.0. The molecule has 0 aliphatic heterocycles. The van der Waals surface area contributed by atoms with Gasteiger partial charge in [0.15, 0.2) is 5.78 Å². The van der Waals surface area contributed by atoms with Gasteiger partial charge in [0.2, 0.25) is 0 Å². The fraction of sp³-hybridized carbons (Fsp3) is 0.111. The summed E-state index contributed by atoms with van der Waals surface area (Å²) in [5.41, 5.74) is 2.17. The fourth-order valence-electron chi connectivity index (χ4n) is 2.37. The third-order valence-electron chi connectivity index (χ3n) is 3.72. The first kappa shape index (κ1) is 14.8.